The highest BCUT2D eigenvalue weighted by Gasteiger charge is 2.29. The van der Waals surface area contributed by atoms with Crippen LogP contribution in [0.3, 0.4) is 0 Å². The van der Waals surface area contributed by atoms with Crippen molar-refractivity contribution < 1.29 is 0 Å². The van der Waals surface area contributed by atoms with Crippen molar-refractivity contribution in [2.24, 2.45) is 0 Å². The van der Waals surface area contributed by atoms with Gasteiger partial charge >= 0.3 is 0 Å². The Morgan fingerprint density at radius 2 is 1.96 bits per heavy atom. The number of aryl methyl sites for hydroxylation is 1. The van der Waals surface area contributed by atoms with Crippen LogP contribution in [0.2, 0.25) is 0 Å². The summed E-state index contributed by atoms with van der Waals surface area (Å²) in [4.78, 5) is 16.6. The molecule has 2 heterocycles. The molecular formula is C16H21N5OS. The highest BCUT2D eigenvalue weighted by Crippen LogP contribution is 2.39. The van der Waals surface area contributed by atoms with E-state index in [0.29, 0.717) is 12.0 Å². The van der Waals surface area contributed by atoms with E-state index in [9.17, 15) is 4.79 Å². The topological polar surface area (TPSA) is 72.7 Å². The van der Waals surface area contributed by atoms with Gasteiger partial charge in [0, 0.05) is 29.6 Å². The van der Waals surface area contributed by atoms with Crippen molar-refractivity contribution in [3.05, 3.63) is 34.0 Å². The van der Waals surface area contributed by atoms with Gasteiger partial charge in [-0.05, 0) is 51.5 Å². The lowest BCUT2D eigenvalue weighted by Gasteiger charge is -2.29. The molecule has 23 heavy (non-hydrogen) atoms. The number of nitrogens with zero attached hydrogens (tertiary/aromatic N) is 4. The van der Waals surface area contributed by atoms with Crippen molar-refractivity contribution in [3.8, 4) is 0 Å². The van der Waals surface area contributed by atoms with Crippen molar-refractivity contribution in [2.75, 3.05) is 5.32 Å². The zero-order chi connectivity index (χ0) is 15.8. The molecule has 0 atom stereocenters. The first-order valence-electron chi connectivity index (χ1n) is 8.35. The summed E-state index contributed by atoms with van der Waals surface area (Å²) in [6.07, 6.45) is 6.49. The van der Waals surface area contributed by atoms with Crippen LogP contribution in [0, 0.1) is 6.92 Å². The van der Waals surface area contributed by atoms with Gasteiger partial charge in [-0.1, -0.05) is 0 Å². The van der Waals surface area contributed by atoms with Gasteiger partial charge in [0.25, 0.3) is 5.56 Å². The van der Waals surface area contributed by atoms with Crippen LogP contribution in [-0.4, -0.2) is 25.2 Å². The Hall–Kier alpha value is -1.76. The average Bonchev–Trinajstić information content (AvgIpc) is 3.31. The van der Waals surface area contributed by atoms with E-state index in [4.69, 9.17) is 0 Å². The van der Waals surface area contributed by atoms with Gasteiger partial charge in [-0.3, -0.25) is 4.79 Å². The van der Waals surface area contributed by atoms with Gasteiger partial charge in [-0.25, -0.2) is 9.67 Å². The quantitative estimate of drug-likeness (QED) is 0.932. The second-order valence-corrected chi connectivity index (χ2v) is 7.39. The molecule has 6 nitrogen and oxygen atoms in total. The molecule has 122 valence electrons. The molecule has 7 heteroatoms. The van der Waals surface area contributed by atoms with Crippen LogP contribution in [0.4, 0.5) is 5.13 Å². The Bertz CT molecular complexity index is 743. The van der Waals surface area contributed by atoms with Crippen molar-refractivity contribution >= 4 is 16.7 Å². The maximum atomic E-state index is 12.0. The van der Waals surface area contributed by atoms with E-state index >= 15 is 0 Å². The lowest BCUT2D eigenvalue weighted by Crippen LogP contribution is -2.33. The van der Waals surface area contributed by atoms with Crippen molar-refractivity contribution in [2.45, 2.75) is 63.5 Å². The number of aromatic nitrogens is 4. The number of rotatable bonds is 4. The number of nitrogens with one attached hydrogen (secondary N) is 1. The Balaban J connectivity index is 1.36. The van der Waals surface area contributed by atoms with Crippen molar-refractivity contribution in [3.63, 3.8) is 0 Å². The van der Waals surface area contributed by atoms with Crippen molar-refractivity contribution in [1.82, 2.24) is 19.1 Å². The normalized spacial score (nSPS) is 24.6. The SMILES string of the molecule is Cc1ccc(=O)n(C2CCC(Nc3nc(C4CC4)ns3)CC2)n1. The van der Waals surface area contributed by atoms with Crippen LogP contribution in [0.5, 0.6) is 0 Å². The fraction of sp³-hybridized carbons (Fsp3) is 0.625. The molecule has 2 saturated carbocycles. The third-order valence-corrected chi connectivity index (χ3v) is 5.37. The Labute approximate surface area is 139 Å². The van der Waals surface area contributed by atoms with Crippen LogP contribution >= 0.6 is 11.5 Å². The summed E-state index contributed by atoms with van der Waals surface area (Å²) >= 11 is 1.47. The molecular weight excluding hydrogens is 310 g/mol. The lowest BCUT2D eigenvalue weighted by atomic mass is 9.91. The van der Waals surface area contributed by atoms with Crippen LogP contribution in [0.25, 0.3) is 0 Å². The van der Waals surface area contributed by atoms with E-state index in [1.807, 2.05) is 6.92 Å². The first kappa shape index (κ1) is 14.8. The molecule has 0 amide bonds. The Morgan fingerprint density at radius 1 is 1.17 bits per heavy atom. The average molecular weight is 331 g/mol. The first-order chi connectivity index (χ1) is 11.2. The highest BCUT2D eigenvalue weighted by molar-refractivity contribution is 7.09. The van der Waals surface area contributed by atoms with Gasteiger partial charge in [0.1, 0.15) is 5.82 Å². The third-order valence-electron chi connectivity index (χ3n) is 4.71. The monoisotopic (exact) mass is 331 g/mol. The smallest absolute Gasteiger partial charge is 0.267 e. The maximum Gasteiger partial charge on any atom is 0.267 e. The molecule has 0 spiro atoms. The lowest BCUT2D eigenvalue weighted by molar-refractivity contribution is 0.302. The summed E-state index contributed by atoms with van der Waals surface area (Å²) in [6.45, 7) is 1.93. The molecule has 0 radical (unpaired) electrons. The van der Waals surface area contributed by atoms with E-state index in [1.165, 1.54) is 24.4 Å². The fourth-order valence-electron chi connectivity index (χ4n) is 3.22. The van der Waals surface area contributed by atoms with Gasteiger partial charge in [-0.15, -0.1) is 0 Å². The van der Waals surface area contributed by atoms with E-state index < -0.39 is 0 Å². The van der Waals surface area contributed by atoms with Crippen LogP contribution in [-0.2, 0) is 0 Å². The minimum absolute atomic E-state index is 0.00482. The van der Waals surface area contributed by atoms with Crippen LogP contribution in [0.1, 0.15) is 62.0 Å². The standard InChI is InChI=1S/C16H21N5OS/c1-10-2-9-14(22)21(19-10)13-7-5-12(6-8-13)17-16-18-15(20-23-16)11-3-4-11/h2,9,11-13H,3-8H2,1H3,(H,17,18,20). The Morgan fingerprint density at radius 3 is 2.70 bits per heavy atom. The summed E-state index contributed by atoms with van der Waals surface area (Å²) in [5.74, 6) is 1.62. The molecule has 0 aliphatic heterocycles. The third kappa shape index (κ3) is 3.29. The molecule has 0 saturated heterocycles. The molecule has 0 aromatic carbocycles. The molecule has 2 aromatic heterocycles. The second kappa shape index (κ2) is 6.03. The molecule has 0 unspecified atom stereocenters. The summed E-state index contributed by atoms with van der Waals surface area (Å²) in [6, 6.07) is 4.04. The van der Waals surface area contributed by atoms with Crippen LogP contribution < -0.4 is 10.9 Å². The summed E-state index contributed by atoms with van der Waals surface area (Å²) in [5.41, 5.74) is 0.900. The molecule has 0 bridgehead atoms. The fourth-order valence-corrected chi connectivity index (χ4v) is 3.95. The summed E-state index contributed by atoms with van der Waals surface area (Å²) < 4.78 is 6.11. The van der Waals surface area contributed by atoms with Gasteiger partial charge in [0.05, 0.1) is 11.7 Å². The van der Waals surface area contributed by atoms with E-state index in [-0.39, 0.29) is 11.6 Å². The number of hydrogen-bond acceptors (Lipinski definition) is 6. The maximum absolute atomic E-state index is 12.0. The summed E-state index contributed by atoms with van der Waals surface area (Å²) in [7, 11) is 0. The molecule has 1 N–H and O–H groups in total. The largest absolute Gasteiger partial charge is 0.358 e. The zero-order valence-electron chi connectivity index (χ0n) is 13.2. The Kier molecular flexibility index (Phi) is 3.88. The molecule has 4 rings (SSSR count). The highest BCUT2D eigenvalue weighted by atomic mass is 32.1. The van der Waals surface area contributed by atoms with Crippen LogP contribution in [0.15, 0.2) is 16.9 Å². The zero-order valence-corrected chi connectivity index (χ0v) is 14.1. The van der Waals surface area contributed by atoms with Crippen molar-refractivity contribution in [1.29, 1.82) is 0 Å². The number of hydrogen-bond donors (Lipinski definition) is 1. The number of anilines is 1. The predicted molar refractivity (Wildman–Crippen MR) is 90.0 cm³/mol. The van der Waals surface area contributed by atoms with Gasteiger partial charge in [-0.2, -0.15) is 9.47 Å². The molecule has 2 aliphatic rings. The van der Waals surface area contributed by atoms with E-state index in [0.717, 1.165) is 42.3 Å². The van der Waals surface area contributed by atoms with E-state index in [2.05, 4.69) is 19.8 Å². The predicted octanol–water partition coefficient (Wildman–Crippen LogP) is 2.88. The minimum Gasteiger partial charge on any atom is -0.358 e. The first-order valence-corrected chi connectivity index (χ1v) is 9.13. The molecule has 2 aromatic rings. The van der Waals surface area contributed by atoms with E-state index in [1.54, 1.807) is 16.8 Å². The second-order valence-electron chi connectivity index (χ2n) is 6.64. The molecule has 2 aliphatic carbocycles. The van der Waals surface area contributed by atoms with Gasteiger partial charge in [0.2, 0.25) is 5.13 Å². The minimum atomic E-state index is 0.00482. The van der Waals surface area contributed by atoms with Gasteiger partial charge in [0.15, 0.2) is 0 Å². The summed E-state index contributed by atoms with van der Waals surface area (Å²) in [5, 5.41) is 8.86. The van der Waals surface area contributed by atoms with Gasteiger partial charge < -0.3 is 5.32 Å². The molecule has 2 fully saturated rings.